The van der Waals surface area contributed by atoms with Crippen molar-refractivity contribution in [3.63, 3.8) is 0 Å². The van der Waals surface area contributed by atoms with Crippen molar-refractivity contribution in [3.8, 4) is 16.9 Å². The maximum Gasteiger partial charge on any atom is 0.309 e. The Morgan fingerprint density at radius 2 is 1.81 bits per heavy atom. The first kappa shape index (κ1) is 22.0. The van der Waals surface area contributed by atoms with E-state index in [-0.39, 0.29) is 17.8 Å². The molecule has 6 nitrogen and oxygen atoms in total. The number of likely N-dealkylation sites (tertiary alicyclic amines) is 1. The average molecular weight is 456 g/mol. The standard InChI is InChI=1S/C24H23ClFN3O3/c1-2-32-24(31)16-11-13-28(14-12-16)23(30)22-15-21(19-5-3-4-6-20(19)26)27-29(22)18-9-7-17(25)8-10-18/h3-10,15-16H,2,11-14H2,1H3. The zero-order valence-electron chi connectivity index (χ0n) is 17.6. The third-order valence-corrected chi connectivity index (χ3v) is 5.80. The van der Waals surface area contributed by atoms with E-state index < -0.39 is 5.82 Å². The van der Waals surface area contributed by atoms with Crippen molar-refractivity contribution < 1.29 is 18.7 Å². The molecule has 1 aliphatic heterocycles. The molecule has 1 saturated heterocycles. The lowest BCUT2D eigenvalue weighted by Crippen LogP contribution is -2.41. The van der Waals surface area contributed by atoms with E-state index >= 15 is 0 Å². The summed E-state index contributed by atoms with van der Waals surface area (Å²) in [6.07, 6.45) is 1.08. The summed E-state index contributed by atoms with van der Waals surface area (Å²) in [6.45, 7) is 2.99. The van der Waals surface area contributed by atoms with E-state index in [2.05, 4.69) is 5.10 Å². The number of carbonyl (C=O) groups excluding carboxylic acids is 2. The molecule has 0 unspecified atom stereocenters. The molecule has 2 aromatic carbocycles. The minimum absolute atomic E-state index is 0.200. The third kappa shape index (κ3) is 4.53. The van der Waals surface area contributed by atoms with E-state index in [0.29, 0.717) is 60.2 Å². The number of piperidine rings is 1. The number of halogens is 2. The van der Waals surface area contributed by atoms with Gasteiger partial charge in [0.15, 0.2) is 0 Å². The van der Waals surface area contributed by atoms with E-state index in [1.807, 2.05) is 0 Å². The molecule has 0 spiro atoms. The second kappa shape index (κ2) is 9.53. The Kier molecular flexibility index (Phi) is 6.55. The van der Waals surface area contributed by atoms with Gasteiger partial charge in [0.05, 0.1) is 23.9 Å². The van der Waals surface area contributed by atoms with E-state index in [0.717, 1.165) is 0 Å². The number of benzene rings is 2. The maximum atomic E-state index is 14.4. The number of carbonyl (C=O) groups is 2. The number of esters is 1. The van der Waals surface area contributed by atoms with Crippen molar-refractivity contribution in [2.75, 3.05) is 19.7 Å². The SMILES string of the molecule is CCOC(=O)C1CCN(C(=O)c2cc(-c3ccccc3F)nn2-c2ccc(Cl)cc2)CC1. The second-order valence-corrected chi connectivity index (χ2v) is 8.04. The largest absolute Gasteiger partial charge is 0.466 e. The smallest absolute Gasteiger partial charge is 0.309 e. The summed E-state index contributed by atoms with van der Waals surface area (Å²) in [5, 5.41) is 5.10. The van der Waals surface area contributed by atoms with Crippen LogP contribution in [0, 0.1) is 11.7 Å². The van der Waals surface area contributed by atoms with Gasteiger partial charge < -0.3 is 9.64 Å². The molecule has 0 N–H and O–H groups in total. The molecule has 32 heavy (non-hydrogen) atoms. The van der Waals surface area contributed by atoms with Crippen LogP contribution in [0.1, 0.15) is 30.3 Å². The normalized spacial score (nSPS) is 14.4. The van der Waals surface area contributed by atoms with Crippen LogP contribution < -0.4 is 0 Å². The lowest BCUT2D eigenvalue weighted by atomic mass is 9.97. The molecule has 1 aromatic heterocycles. The van der Waals surface area contributed by atoms with Crippen LogP contribution in [-0.4, -0.2) is 46.3 Å². The van der Waals surface area contributed by atoms with Gasteiger partial charge in [0.2, 0.25) is 0 Å². The topological polar surface area (TPSA) is 64.4 Å². The predicted octanol–water partition coefficient (Wildman–Crippen LogP) is 4.75. The van der Waals surface area contributed by atoms with Crippen LogP contribution in [0.5, 0.6) is 0 Å². The zero-order valence-corrected chi connectivity index (χ0v) is 18.4. The highest BCUT2D eigenvalue weighted by molar-refractivity contribution is 6.30. The Morgan fingerprint density at radius 3 is 2.47 bits per heavy atom. The maximum absolute atomic E-state index is 14.4. The highest BCUT2D eigenvalue weighted by atomic mass is 35.5. The Labute approximate surface area is 190 Å². The molecule has 0 bridgehead atoms. The molecule has 1 aliphatic rings. The second-order valence-electron chi connectivity index (χ2n) is 7.60. The van der Waals surface area contributed by atoms with Crippen molar-refractivity contribution in [2.24, 2.45) is 5.92 Å². The van der Waals surface area contributed by atoms with Gasteiger partial charge in [-0.3, -0.25) is 9.59 Å². The summed E-state index contributed by atoms with van der Waals surface area (Å²) >= 11 is 6.01. The van der Waals surface area contributed by atoms with Crippen molar-refractivity contribution in [1.82, 2.24) is 14.7 Å². The quantitative estimate of drug-likeness (QED) is 0.521. The molecule has 0 atom stereocenters. The number of ether oxygens (including phenoxy) is 1. The fourth-order valence-corrected chi connectivity index (χ4v) is 3.98. The predicted molar refractivity (Wildman–Crippen MR) is 119 cm³/mol. The Balaban J connectivity index is 1.65. The van der Waals surface area contributed by atoms with E-state index in [1.165, 1.54) is 10.7 Å². The minimum atomic E-state index is -0.414. The molecule has 166 valence electrons. The molecule has 4 rings (SSSR count). The number of nitrogens with zero attached hydrogens (tertiary/aromatic N) is 3. The van der Waals surface area contributed by atoms with Crippen LogP contribution in [0.3, 0.4) is 0 Å². The van der Waals surface area contributed by atoms with Crippen LogP contribution in [0.25, 0.3) is 16.9 Å². The zero-order chi connectivity index (χ0) is 22.7. The fraction of sp³-hybridized carbons (Fsp3) is 0.292. The summed E-state index contributed by atoms with van der Waals surface area (Å²) in [4.78, 5) is 27.1. The molecular formula is C24H23ClFN3O3. The molecule has 1 fully saturated rings. The van der Waals surface area contributed by atoms with Gasteiger partial charge in [-0.15, -0.1) is 0 Å². The summed E-state index contributed by atoms with van der Waals surface area (Å²) in [5.74, 6) is -1.05. The first-order valence-corrected chi connectivity index (χ1v) is 10.9. The summed E-state index contributed by atoms with van der Waals surface area (Å²) in [6, 6.07) is 14.8. The van der Waals surface area contributed by atoms with E-state index in [9.17, 15) is 14.0 Å². The number of amides is 1. The van der Waals surface area contributed by atoms with Crippen LogP contribution >= 0.6 is 11.6 Å². The lowest BCUT2D eigenvalue weighted by molar-refractivity contribution is -0.149. The van der Waals surface area contributed by atoms with Gasteiger partial charge in [0, 0.05) is 23.7 Å². The number of rotatable bonds is 5. The van der Waals surface area contributed by atoms with Crippen molar-refractivity contribution in [3.05, 3.63) is 71.1 Å². The molecule has 0 saturated carbocycles. The van der Waals surface area contributed by atoms with Gasteiger partial charge in [-0.05, 0) is 62.2 Å². The molecular weight excluding hydrogens is 433 g/mol. The number of aromatic nitrogens is 2. The first-order valence-electron chi connectivity index (χ1n) is 10.5. The molecule has 3 aromatic rings. The van der Waals surface area contributed by atoms with Crippen molar-refractivity contribution in [1.29, 1.82) is 0 Å². The summed E-state index contributed by atoms with van der Waals surface area (Å²) in [7, 11) is 0. The van der Waals surface area contributed by atoms with Crippen LogP contribution in [0.4, 0.5) is 4.39 Å². The summed E-state index contributed by atoms with van der Waals surface area (Å²) in [5.41, 5.74) is 1.64. The van der Waals surface area contributed by atoms with Gasteiger partial charge in [-0.2, -0.15) is 5.10 Å². The molecule has 1 amide bonds. The number of hydrogen-bond acceptors (Lipinski definition) is 4. The summed E-state index contributed by atoms with van der Waals surface area (Å²) < 4.78 is 21.0. The molecule has 2 heterocycles. The fourth-order valence-electron chi connectivity index (χ4n) is 3.85. The Bertz CT molecular complexity index is 1120. The molecule has 0 radical (unpaired) electrons. The van der Waals surface area contributed by atoms with Crippen LogP contribution in [0.15, 0.2) is 54.6 Å². The average Bonchev–Trinajstić information content (AvgIpc) is 3.25. The van der Waals surface area contributed by atoms with Crippen molar-refractivity contribution in [2.45, 2.75) is 19.8 Å². The van der Waals surface area contributed by atoms with Gasteiger partial charge >= 0.3 is 5.97 Å². The lowest BCUT2D eigenvalue weighted by Gasteiger charge is -2.30. The van der Waals surface area contributed by atoms with Gasteiger partial charge in [-0.1, -0.05) is 23.7 Å². The molecule has 0 aliphatic carbocycles. The van der Waals surface area contributed by atoms with E-state index in [1.54, 1.807) is 60.4 Å². The first-order chi connectivity index (χ1) is 15.5. The van der Waals surface area contributed by atoms with Gasteiger partial charge in [0.1, 0.15) is 11.5 Å². The van der Waals surface area contributed by atoms with Crippen LogP contribution in [0.2, 0.25) is 5.02 Å². The van der Waals surface area contributed by atoms with Crippen LogP contribution in [-0.2, 0) is 9.53 Å². The van der Waals surface area contributed by atoms with Gasteiger partial charge in [0.25, 0.3) is 5.91 Å². The third-order valence-electron chi connectivity index (χ3n) is 5.55. The van der Waals surface area contributed by atoms with Crippen molar-refractivity contribution >= 4 is 23.5 Å². The van der Waals surface area contributed by atoms with Gasteiger partial charge in [-0.25, -0.2) is 9.07 Å². The molecule has 8 heteroatoms. The highest BCUT2D eigenvalue weighted by Crippen LogP contribution is 2.27. The van der Waals surface area contributed by atoms with E-state index in [4.69, 9.17) is 16.3 Å². The minimum Gasteiger partial charge on any atom is -0.466 e. The number of hydrogen-bond donors (Lipinski definition) is 0. The Hall–Kier alpha value is -3.19. The monoisotopic (exact) mass is 455 g/mol. The Morgan fingerprint density at radius 1 is 1.12 bits per heavy atom. The highest BCUT2D eigenvalue weighted by Gasteiger charge is 2.30.